The van der Waals surface area contributed by atoms with Gasteiger partial charge in [0.05, 0.1) is 10.7 Å². The van der Waals surface area contributed by atoms with Crippen LogP contribution in [-0.2, 0) is 5.41 Å². The molecule has 3 aromatic heterocycles. The summed E-state index contributed by atoms with van der Waals surface area (Å²) >= 11 is 3.29. The molecule has 0 amide bonds. The van der Waals surface area contributed by atoms with Gasteiger partial charge in [0.1, 0.15) is 5.01 Å². The number of nitrogens with zero attached hydrogens (tertiary/aromatic N) is 3. The van der Waals surface area contributed by atoms with Crippen LogP contribution in [0.2, 0.25) is 0 Å². The van der Waals surface area contributed by atoms with Crippen LogP contribution in [0.3, 0.4) is 0 Å². The Morgan fingerprint density at radius 3 is 2.41 bits per heavy atom. The minimum absolute atomic E-state index is 0.0520. The zero-order valence-corrected chi connectivity index (χ0v) is 18.5. The van der Waals surface area contributed by atoms with E-state index in [-0.39, 0.29) is 5.41 Å². The number of thiazole rings is 2. The molecule has 5 rings (SSSR count). The van der Waals surface area contributed by atoms with Crippen LogP contribution < -0.4 is 0 Å². The lowest BCUT2D eigenvalue weighted by Crippen LogP contribution is -2.12. The molecule has 0 saturated carbocycles. The quantitative estimate of drug-likeness (QED) is 0.305. The molecule has 3 nitrogen and oxygen atoms in total. The second-order valence-corrected chi connectivity index (χ2v) is 10.4. The van der Waals surface area contributed by atoms with Crippen molar-refractivity contribution in [1.82, 2.24) is 15.0 Å². The summed E-state index contributed by atoms with van der Waals surface area (Å²) in [6.45, 7) is 8.81. The number of hydrogen-bond donors (Lipinski definition) is 0. The molecule has 5 aromatic rings. The molecule has 3 heterocycles. The lowest BCUT2D eigenvalue weighted by molar-refractivity contribution is 0.596. The summed E-state index contributed by atoms with van der Waals surface area (Å²) in [4.78, 5) is 16.1. The number of rotatable bonds is 2. The number of aryl methyl sites for hydroxylation is 1. The standard InChI is InChI=1S/C24H21N3S2/c1-14-26-22-23(28-14)27-21(29-22)16-9-10-25-20(13-16)17-11-15-7-5-6-8-18(15)19(12-17)24(2,3)4/h5-13H,1-4H3. The highest BCUT2D eigenvalue weighted by molar-refractivity contribution is 7.28. The van der Waals surface area contributed by atoms with Gasteiger partial charge in [-0.1, -0.05) is 67.7 Å². The van der Waals surface area contributed by atoms with Gasteiger partial charge in [0.25, 0.3) is 0 Å². The molecule has 0 unspecified atom stereocenters. The van der Waals surface area contributed by atoms with Crippen molar-refractivity contribution in [3.8, 4) is 21.8 Å². The predicted octanol–water partition coefficient (Wildman–Crippen LogP) is 7.24. The molecule has 144 valence electrons. The van der Waals surface area contributed by atoms with Crippen LogP contribution in [-0.4, -0.2) is 15.0 Å². The molecule has 5 heteroatoms. The first kappa shape index (κ1) is 18.4. The summed E-state index contributed by atoms with van der Waals surface area (Å²) in [7, 11) is 0. The normalized spacial score (nSPS) is 12.1. The van der Waals surface area contributed by atoms with Gasteiger partial charge in [-0.2, -0.15) is 0 Å². The average Bonchev–Trinajstić information content (AvgIpc) is 3.24. The Bertz CT molecular complexity index is 1320. The van der Waals surface area contributed by atoms with E-state index < -0.39 is 0 Å². The van der Waals surface area contributed by atoms with Gasteiger partial charge in [-0.3, -0.25) is 4.98 Å². The van der Waals surface area contributed by atoms with Gasteiger partial charge >= 0.3 is 0 Å². The van der Waals surface area contributed by atoms with Gasteiger partial charge in [0, 0.05) is 17.3 Å². The third-order valence-electron chi connectivity index (χ3n) is 5.06. The van der Waals surface area contributed by atoms with Crippen molar-refractivity contribution in [2.24, 2.45) is 0 Å². The summed E-state index contributed by atoms with van der Waals surface area (Å²) in [5, 5.41) is 4.61. The highest BCUT2D eigenvalue weighted by Gasteiger charge is 2.19. The largest absolute Gasteiger partial charge is 0.256 e. The van der Waals surface area contributed by atoms with Crippen LogP contribution in [0.4, 0.5) is 0 Å². The fourth-order valence-electron chi connectivity index (χ4n) is 3.66. The summed E-state index contributed by atoms with van der Waals surface area (Å²) in [6, 6.07) is 17.3. The van der Waals surface area contributed by atoms with Gasteiger partial charge < -0.3 is 0 Å². The summed E-state index contributed by atoms with van der Waals surface area (Å²) in [6.07, 6.45) is 1.88. The molecule has 0 atom stereocenters. The van der Waals surface area contributed by atoms with Gasteiger partial charge in [-0.05, 0) is 52.9 Å². The van der Waals surface area contributed by atoms with E-state index in [2.05, 4.69) is 73.2 Å². The minimum atomic E-state index is 0.0520. The molecule has 0 aliphatic heterocycles. The molecular weight excluding hydrogens is 394 g/mol. The van der Waals surface area contributed by atoms with E-state index in [9.17, 15) is 0 Å². The van der Waals surface area contributed by atoms with Crippen LogP contribution in [0.1, 0.15) is 31.3 Å². The van der Waals surface area contributed by atoms with E-state index in [1.807, 2.05) is 19.2 Å². The monoisotopic (exact) mass is 415 g/mol. The summed E-state index contributed by atoms with van der Waals surface area (Å²) in [5.41, 5.74) is 4.60. The summed E-state index contributed by atoms with van der Waals surface area (Å²) in [5.74, 6) is 0. The molecule has 0 fully saturated rings. The molecule has 0 aliphatic rings. The first-order valence-electron chi connectivity index (χ1n) is 9.62. The predicted molar refractivity (Wildman–Crippen MR) is 125 cm³/mol. The topological polar surface area (TPSA) is 38.7 Å². The fraction of sp³-hybridized carbons (Fsp3) is 0.208. The maximum absolute atomic E-state index is 4.79. The van der Waals surface area contributed by atoms with Gasteiger partial charge in [0.2, 0.25) is 0 Å². The van der Waals surface area contributed by atoms with Crippen molar-refractivity contribution in [1.29, 1.82) is 0 Å². The highest BCUT2D eigenvalue weighted by atomic mass is 32.1. The Kier molecular flexibility index (Phi) is 4.26. The Morgan fingerprint density at radius 2 is 1.62 bits per heavy atom. The number of pyridine rings is 1. The van der Waals surface area contributed by atoms with Crippen LogP contribution in [0.25, 0.3) is 42.3 Å². The number of aromatic nitrogens is 3. The number of fused-ring (bicyclic) bond motifs is 2. The van der Waals surface area contributed by atoms with E-state index in [0.717, 1.165) is 36.5 Å². The van der Waals surface area contributed by atoms with E-state index in [4.69, 9.17) is 4.98 Å². The summed E-state index contributed by atoms with van der Waals surface area (Å²) < 4.78 is 0. The van der Waals surface area contributed by atoms with Crippen LogP contribution in [0, 0.1) is 6.92 Å². The number of hydrogen-bond acceptors (Lipinski definition) is 5. The molecule has 0 saturated heterocycles. The second kappa shape index (κ2) is 6.71. The molecular formula is C24H21N3S2. The van der Waals surface area contributed by atoms with Gasteiger partial charge in [0.15, 0.2) is 9.66 Å². The Labute approximate surface area is 178 Å². The van der Waals surface area contributed by atoms with E-state index in [1.165, 1.54) is 16.3 Å². The molecule has 0 bridgehead atoms. The van der Waals surface area contributed by atoms with Crippen LogP contribution >= 0.6 is 22.7 Å². The first-order valence-corrected chi connectivity index (χ1v) is 11.3. The van der Waals surface area contributed by atoms with Crippen molar-refractivity contribution in [3.05, 3.63) is 65.3 Å². The van der Waals surface area contributed by atoms with E-state index in [1.54, 1.807) is 22.7 Å². The fourth-order valence-corrected chi connectivity index (χ4v) is 5.60. The van der Waals surface area contributed by atoms with Crippen molar-refractivity contribution in [3.63, 3.8) is 0 Å². The zero-order valence-electron chi connectivity index (χ0n) is 16.9. The van der Waals surface area contributed by atoms with E-state index >= 15 is 0 Å². The Morgan fingerprint density at radius 1 is 0.828 bits per heavy atom. The smallest absolute Gasteiger partial charge is 0.155 e. The average molecular weight is 416 g/mol. The SMILES string of the molecule is Cc1nc2sc(-c3ccnc(-c4cc(C(C)(C)C)c5ccccc5c4)c3)nc2s1. The third-order valence-corrected chi connectivity index (χ3v) is 7.05. The maximum atomic E-state index is 4.79. The zero-order chi connectivity index (χ0) is 20.2. The Hall–Kier alpha value is -2.63. The van der Waals surface area contributed by atoms with Crippen LogP contribution in [0.5, 0.6) is 0 Å². The molecule has 0 aliphatic carbocycles. The van der Waals surface area contributed by atoms with Crippen LogP contribution in [0.15, 0.2) is 54.7 Å². The lowest BCUT2D eigenvalue weighted by Gasteiger charge is -2.22. The van der Waals surface area contributed by atoms with Crippen molar-refractivity contribution >= 4 is 43.1 Å². The van der Waals surface area contributed by atoms with E-state index in [0.29, 0.717) is 0 Å². The molecule has 2 aromatic carbocycles. The third kappa shape index (κ3) is 3.34. The van der Waals surface area contributed by atoms with Gasteiger partial charge in [-0.25, -0.2) is 9.97 Å². The Balaban J connectivity index is 1.65. The molecule has 0 spiro atoms. The minimum Gasteiger partial charge on any atom is -0.256 e. The number of benzene rings is 2. The molecule has 0 N–H and O–H groups in total. The highest BCUT2D eigenvalue weighted by Crippen LogP contribution is 2.36. The maximum Gasteiger partial charge on any atom is 0.155 e. The second-order valence-electron chi connectivity index (χ2n) is 8.29. The van der Waals surface area contributed by atoms with Crippen molar-refractivity contribution in [2.45, 2.75) is 33.1 Å². The van der Waals surface area contributed by atoms with Crippen molar-refractivity contribution in [2.75, 3.05) is 0 Å². The first-order chi connectivity index (χ1) is 13.9. The lowest BCUT2D eigenvalue weighted by atomic mass is 9.82. The van der Waals surface area contributed by atoms with Crippen molar-refractivity contribution < 1.29 is 0 Å². The van der Waals surface area contributed by atoms with Gasteiger partial charge in [-0.15, -0.1) is 0 Å². The molecule has 0 radical (unpaired) electrons. The molecule has 29 heavy (non-hydrogen) atoms.